The number of aromatic amines is 1. The molecular weight excluding hydrogens is 399 g/mol. The second-order valence-electron chi connectivity index (χ2n) is 6.47. The van der Waals surface area contributed by atoms with Crippen LogP contribution in [0.5, 0.6) is 0 Å². The molecule has 0 saturated heterocycles. The van der Waals surface area contributed by atoms with Crippen molar-refractivity contribution in [1.82, 2.24) is 9.97 Å². The maximum atomic E-state index is 13.0. The van der Waals surface area contributed by atoms with Crippen molar-refractivity contribution in [3.8, 4) is 0 Å². The fourth-order valence-corrected chi connectivity index (χ4v) is 3.18. The van der Waals surface area contributed by atoms with Crippen molar-refractivity contribution in [2.75, 3.05) is 12.4 Å². The molecule has 0 aliphatic rings. The number of para-hydroxylation sites is 1. The lowest BCUT2D eigenvalue weighted by Crippen LogP contribution is -2.17. The van der Waals surface area contributed by atoms with Crippen LogP contribution in [0.2, 0.25) is 0 Å². The Bertz CT molecular complexity index is 1300. The second-order valence-corrected chi connectivity index (χ2v) is 6.47. The van der Waals surface area contributed by atoms with Gasteiger partial charge in [-0.15, -0.1) is 0 Å². The second kappa shape index (κ2) is 7.18. The fraction of sp³-hybridized carbons (Fsp3) is 0.0952. The highest BCUT2D eigenvalue weighted by molar-refractivity contribution is 6.17. The molecule has 30 heavy (non-hydrogen) atoms. The number of ether oxygens (including phenoxy) is 1. The van der Waals surface area contributed by atoms with E-state index in [-0.39, 0.29) is 17.1 Å². The zero-order valence-corrected chi connectivity index (χ0v) is 15.5. The average Bonchev–Trinajstić information content (AvgIpc) is 3.10. The average molecular weight is 413 g/mol. The van der Waals surface area contributed by atoms with Crippen LogP contribution in [0.4, 0.5) is 18.9 Å². The van der Waals surface area contributed by atoms with Crippen molar-refractivity contribution < 1.29 is 27.5 Å². The summed E-state index contributed by atoms with van der Waals surface area (Å²) in [6.45, 7) is 0. The number of fused-ring (bicyclic) bond motifs is 3. The van der Waals surface area contributed by atoms with E-state index in [2.05, 4.69) is 15.3 Å². The summed E-state index contributed by atoms with van der Waals surface area (Å²) >= 11 is 0. The number of pyridine rings is 1. The van der Waals surface area contributed by atoms with Crippen molar-refractivity contribution in [3.05, 3.63) is 71.5 Å². The molecule has 0 bridgehead atoms. The highest BCUT2D eigenvalue weighted by Gasteiger charge is 2.30. The summed E-state index contributed by atoms with van der Waals surface area (Å²) in [7, 11) is 1.19. The number of alkyl halides is 3. The highest BCUT2D eigenvalue weighted by atomic mass is 19.4. The van der Waals surface area contributed by atoms with E-state index in [9.17, 15) is 22.8 Å². The lowest BCUT2D eigenvalue weighted by atomic mass is 10.1. The van der Waals surface area contributed by atoms with Crippen LogP contribution in [0.1, 0.15) is 26.5 Å². The first-order valence-corrected chi connectivity index (χ1v) is 8.76. The van der Waals surface area contributed by atoms with E-state index in [1.807, 2.05) is 6.07 Å². The molecule has 0 fully saturated rings. The molecule has 6 nitrogen and oxygen atoms in total. The topological polar surface area (TPSA) is 84.1 Å². The van der Waals surface area contributed by atoms with Gasteiger partial charge in [-0.05, 0) is 30.3 Å². The first-order chi connectivity index (χ1) is 14.3. The monoisotopic (exact) mass is 413 g/mol. The molecule has 0 saturated carbocycles. The van der Waals surface area contributed by atoms with Gasteiger partial charge in [0.25, 0.3) is 5.91 Å². The Labute approximate surface area is 167 Å². The van der Waals surface area contributed by atoms with Gasteiger partial charge in [0.15, 0.2) is 5.69 Å². The lowest BCUT2D eigenvalue weighted by molar-refractivity contribution is -0.137. The Morgan fingerprint density at radius 3 is 2.53 bits per heavy atom. The van der Waals surface area contributed by atoms with Crippen LogP contribution in [-0.4, -0.2) is 29.0 Å². The molecule has 2 N–H and O–H groups in total. The molecule has 0 atom stereocenters. The van der Waals surface area contributed by atoms with Crippen LogP contribution in [0, 0.1) is 0 Å². The third kappa shape index (κ3) is 3.45. The molecular formula is C21H14F3N3O3. The number of methoxy groups -OCH3 is 1. The number of rotatable bonds is 3. The Hall–Kier alpha value is -3.88. The fourth-order valence-electron chi connectivity index (χ4n) is 3.18. The summed E-state index contributed by atoms with van der Waals surface area (Å²) < 4.78 is 43.6. The number of carbonyl (C=O) groups excluding carboxylic acids is 2. The predicted octanol–water partition coefficient (Wildman–Crippen LogP) is 4.77. The zero-order chi connectivity index (χ0) is 21.5. The zero-order valence-electron chi connectivity index (χ0n) is 15.5. The molecule has 1 amide bonds. The van der Waals surface area contributed by atoms with Gasteiger partial charge in [-0.1, -0.05) is 24.3 Å². The van der Waals surface area contributed by atoms with Crippen molar-refractivity contribution >= 4 is 39.4 Å². The van der Waals surface area contributed by atoms with Crippen molar-refractivity contribution in [3.63, 3.8) is 0 Å². The number of aromatic nitrogens is 2. The number of hydrogen-bond donors (Lipinski definition) is 2. The Kier molecular flexibility index (Phi) is 4.65. The van der Waals surface area contributed by atoms with Crippen LogP contribution >= 0.6 is 0 Å². The van der Waals surface area contributed by atoms with Crippen molar-refractivity contribution in [2.45, 2.75) is 6.18 Å². The summed E-state index contributed by atoms with van der Waals surface area (Å²) in [5.41, 5.74) is -0.111. The molecule has 0 radical (unpaired) electrons. The van der Waals surface area contributed by atoms with Crippen LogP contribution in [0.15, 0.2) is 54.6 Å². The summed E-state index contributed by atoms with van der Waals surface area (Å²) in [6, 6.07) is 13.0. The number of hydrogen-bond acceptors (Lipinski definition) is 4. The maximum absolute atomic E-state index is 13.0. The van der Waals surface area contributed by atoms with E-state index >= 15 is 0 Å². The largest absolute Gasteiger partial charge is 0.464 e. The molecule has 2 heterocycles. The van der Waals surface area contributed by atoms with Gasteiger partial charge >= 0.3 is 12.1 Å². The van der Waals surface area contributed by atoms with Crippen LogP contribution in [0.3, 0.4) is 0 Å². The minimum Gasteiger partial charge on any atom is -0.464 e. The number of H-pyrrole nitrogens is 1. The third-order valence-corrected chi connectivity index (χ3v) is 4.55. The van der Waals surface area contributed by atoms with E-state index in [1.54, 1.807) is 18.2 Å². The van der Waals surface area contributed by atoms with Gasteiger partial charge in [-0.25, -0.2) is 9.78 Å². The van der Waals surface area contributed by atoms with Gasteiger partial charge in [0.05, 0.1) is 18.2 Å². The van der Waals surface area contributed by atoms with Gasteiger partial charge in [-0.3, -0.25) is 4.79 Å². The number of nitrogens with zero attached hydrogens (tertiary/aromatic N) is 1. The SMILES string of the molecule is COC(=O)c1cc2c([nH]c3ccccc32)c(C(=O)Nc2cccc(C(F)(F)F)c2)n1. The molecule has 0 spiro atoms. The van der Waals surface area contributed by atoms with E-state index < -0.39 is 23.6 Å². The summed E-state index contributed by atoms with van der Waals surface area (Å²) in [5, 5.41) is 3.74. The van der Waals surface area contributed by atoms with Gasteiger partial charge in [0, 0.05) is 22.0 Å². The minimum atomic E-state index is -4.55. The molecule has 2 aromatic carbocycles. The summed E-state index contributed by atoms with van der Waals surface area (Å²) in [6.07, 6.45) is -4.55. The Morgan fingerprint density at radius 2 is 1.80 bits per heavy atom. The van der Waals surface area contributed by atoms with E-state index in [0.29, 0.717) is 16.4 Å². The number of nitrogens with one attached hydrogen (secondary N) is 2. The quantitative estimate of drug-likeness (QED) is 0.474. The standard InChI is InChI=1S/C21H14F3N3O3/c1-30-20(29)16-10-14-13-7-2-3-8-15(13)26-17(14)18(27-16)19(28)25-12-6-4-5-11(9-12)21(22,23)24/h2-10,26H,1H3,(H,25,28). The number of anilines is 1. The lowest BCUT2D eigenvalue weighted by Gasteiger charge is -2.10. The molecule has 4 rings (SSSR count). The number of benzene rings is 2. The van der Waals surface area contributed by atoms with Gasteiger partial charge < -0.3 is 15.0 Å². The molecule has 0 aliphatic carbocycles. The molecule has 9 heteroatoms. The van der Waals surface area contributed by atoms with Crippen molar-refractivity contribution in [2.24, 2.45) is 0 Å². The number of esters is 1. The molecule has 0 unspecified atom stereocenters. The molecule has 2 aromatic heterocycles. The van der Waals surface area contributed by atoms with Gasteiger partial charge in [0.2, 0.25) is 0 Å². The number of carbonyl (C=O) groups is 2. The first-order valence-electron chi connectivity index (χ1n) is 8.76. The minimum absolute atomic E-state index is 0.0515. The maximum Gasteiger partial charge on any atom is 0.416 e. The summed E-state index contributed by atoms with van der Waals surface area (Å²) in [5.74, 6) is -1.51. The normalized spacial score (nSPS) is 11.6. The third-order valence-electron chi connectivity index (χ3n) is 4.55. The number of halogens is 3. The van der Waals surface area contributed by atoms with Gasteiger partial charge in [0.1, 0.15) is 5.69 Å². The van der Waals surface area contributed by atoms with E-state index in [4.69, 9.17) is 4.74 Å². The van der Waals surface area contributed by atoms with Crippen LogP contribution in [-0.2, 0) is 10.9 Å². The predicted molar refractivity (Wildman–Crippen MR) is 104 cm³/mol. The molecule has 0 aliphatic heterocycles. The van der Waals surface area contributed by atoms with Crippen LogP contribution in [0.25, 0.3) is 21.8 Å². The molecule has 152 valence electrons. The first kappa shape index (κ1) is 19.4. The van der Waals surface area contributed by atoms with Crippen molar-refractivity contribution in [1.29, 1.82) is 0 Å². The van der Waals surface area contributed by atoms with Gasteiger partial charge in [-0.2, -0.15) is 13.2 Å². The van der Waals surface area contributed by atoms with E-state index in [1.165, 1.54) is 25.3 Å². The molecule has 4 aromatic rings. The highest BCUT2D eigenvalue weighted by Crippen LogP contribution is 2.31. The Morgan fingerprint density at radius 1 is 1.03 bits per heavy atom. The van der Waals surface area contributed by atoms with E-state index in [0.717, 1.165) is 17.5 Å². The Balaban J connectivity index is 1.83. The summed E-state index contributed by atoms with van der Waals surface area (Å²) in [4.78, 5) is 32.1. The van der Waals surface area contributed by atoms with Crippen LogP contribution < -0.4 is 5.32 Å². The number of amides is 1. The smallest absolute Gasteiger partial charge is 0.416 e.